The number of rotatable bonds is 3. The van der Waals surface area contributed by atoms with Crippen molar-refractivity contribution in [1.29, 1.82) is 0 Å². The second kappa shape index (κ2) is 4.30. The molecule has 0 saturated heterocycles. The molecule has 0 spiro atoms. The number of pyridine rings is 1. The molecule has 18 heavy (non-hydrogen) atoms. The van der Waals surface area contributed by atoms with Gasteiger partial charge in [0.15, 0.2) is 5.82 Å². The van der Waals surface area contributed by atoms with E-state index in [4.69, 9.17) is 5.73 Å². The summed E-state index contributed by atoms with van der Waals surface area (Å²) in [4.78, 5) is 3.87. The lowest BCUT2D eigenvalue weighted by Crippen LogP contribution is -2.14. The van der Waals surface area contributed by atoms with E-state index in [0.29, 0.717) is 0 Å². The minimum absolute atomic E-state index is 0.0438. The zero-order valence-electron chi connectivity index (χ0n) is 9.95. The number of anilines is 2. The lowest BCUT2D eigenvalue weighted by atomic mass is 10.3. The van der Waals surface area contributed by atoms with E-state index >= 15 is 0 Å². The Balaban J connectivity index is 2.36. The van der Waals surface area contributed by atoms with Crippen molar-refractivity contribution in [3.63, 3.8) is 0 Å². The van der Waals surface area contributed by atoms with Crippen molar-refractivity contribution >= 4 is 21.7 Å². The molecule has 0 aromatic carbocycles. The number of sulfonamides is 1. The van der Waals surface area contributed by atoms with Crippen molar-refractivity contribution in [2.24, 2.45) is 7.05 Å². The molecular formula is C10H13N5O2S. The van der Waals surface area contributed by atoms with E-state index in [-0.39, 0.29) is 16.5 Å². The van der Waals surface area contributed by atoms with Crippen molar-refractivity contribution < 1.29 is 8.42 Å². The summed E-state index contributed by atoms with van der Waals surface area (Å²) < 4.78 is 27.8. The van der Waals surface area contributed by atoms with E-state index < -0.39 is 10.0 Å². The molecule has 96 valence electrons. The molecule has 0 aliphatic heterocycles. The predicted molar refractivity (Wildman–Crippen MR) is 67.4 cm³/mol. The van der Waals surface area contributed by atoms with Gasteiger partial charge in [-0.15, -0.1) is 0 Å². The number of nitrogens with two attached hydrogens (primary N) is 1. The highest BCUT2D eigenvalue weighted by Crippen LogP contribution is 2.19. The molecule has 2 rings (SSSR count). The zero-order valence-corrected chi connectivity index (χ0v) is 10.8. The van der Waals surface area contributed by atoms with Crippen LogP contribution in [-0.4, -0.2) is 23.2 Å². The van der Waals surface area contributed by atoms with Crippen molar-refractivity contribution in [3.05, 3.63) is 30.1 Å². The van der Waals surface area contributed by atoms with Gasteiger partial charge in [-0.2, -0.15) is 5.10 Å². The maximum absolute atomic E-state index is 12.1. The maximum atomic E-state index is 12.1. The average molecular weight is 267 g/mol. The molecule has 0 amide bonds. The molecule has 0 radical (unpaired) electrons. The van der Waals surface area contributed by atoms with Gasteiger partial charge in [0.05, 0.1) is 0 Å². The molecule has 7 nitrogen and oxygen atoms in total. The third kappa shape index (κ3) is 2.43. The molecule has 3 N–H and O–H groups in total. The van der Waals surface area contributed by atoms with Crippen LogP contribution in [0.2, 0.25) is 0 Å². The van der Waals surface area contributed by atoms with E-state index in [9.17, 15) is 8.42 Å². The molecule has 2 heterocycles. The largest absolute Gasteiger partial charge is 0.381 e. The van der Waals surface area contributed by atoms with Crippen LogP contribution in [-0.2, 0) is 17.1 Å². The van der Waals surface area contributed by atoms with Gasteiger partial charge in [-0.3, -0.25) is 9.40 Å². The summed E-state index contributed by atoms with van der Waals surface area (Å²) in [7, 11) is -2.16. The third-order valence-corrected chi connectivity index (χ3v) is 3.64. The van der Waals surface area contributed by atoms with Crippen LogP contribution < -0.4 is 10.5 Å². The lowest BCUT2D eigenvalue weighted by Gasteiger charge is -2.06. The number of aromatic nitrogens is 3. The Morgan fingerprint density at radius 2 is 2.17 bits per heavy atom. The molecule has 0 aliphatic carbocycles. The molecular weight excluding hydrogens is 254 g/mol. The van der Waals surface area contributed by atoms with E-state index in [2.05, 4.69) is 14.8 Å². The van der Waals surface area contributed by atoms with Gasteiger partial charge in [0.25, 0.3) is 10.0 Å². The van der Waals surface area contributed by atoms with E-state index in [1.54, 1.807) is 19.2 Å². The molecule has 0 atom stereocenters. The summed E-state index contributed by atoms with van der Waals surface area (Å²) in [6.45, 7) is 1.85. The average Bonchev–Trinajstić information content (AvgIpc) is 2.58. The summed E-state index contributed by atoms with van der Waals surface area (Å²) in [6.07, 6.45) is 2.87. The highest BCUT2D eigenvalue weighted by molar-refractivity contribution is 7.92. The summed E-state index contributed by atoms with van der Waals surface area (Å²) in [5, 5.41) is 3.79. The molecule has 0 fully saturated rings. The van der Waals surface area contributed by atoms with Crippen molar-refractivity contribution in [1.82, 2.24) is 14.8 Å². The molecule has 8 heteroatoms. The van der Waals surface area contributed by atoms with E-state index in [0.717, 1.165) is 5.56 Å². The molecule has 0 bridgehead atoms. The summed E-state index contributed by atoms with van der Waals surface area (Å²) in [5.41, 5.74) is 6.44. The second-order valence-electron chi connectivity index (χ2n) is 3.88. The highest BCUT2D eigenvalue weighted by Gasteiger charge is 2.21. The second-order valence-corrected chi connectivity index (χ2v) is 5.53. The van der Waals surface area contributed by atoms with Crippen LogP contribution in [0.3, 0.4) is 0 Å². The Morgan fingerprint density at radius 3 is 2.72 bits per heavy atom. The van der Waals surface area contributed by atoms with Gasteiger partial charge in [0, 0.05) is 19.4 Å². The first-order valence-electron chi connectivity index (χ1n) is 5.13. The van der Waals surface area contributed by atoms with Crippen molar-refractivity contribution in [2.75, 3.05) is 10.5 Å². The Kier molecular flexibility index (Phi) is 2.95. The number of aryl methyl sites for hydroxylation is 2. The molecule has 2 aromatic rings. The van der Waals surface area contributed by atoms with Gasteiger partial charge in [-0.25, -0.2) is 13.4 Å². The van der Waals surface area contributed by atoms with Gasteiger partial charge < -0.3 is 5.73 Å². The quantitative estimate of drug-likeness (QED) is 0.843. The first-order chi connectivity index (χ1) is 8.38. The van der Waals surface area contributed by atoms with Crippen LogP contribution in [0.15, 0.2) is 29.4 Å². The minimum Gasteiger partial charge on any atom is -0.381 e. The zero-order chi connectivity index (χ0) is 13.3. The van der Waals surface area contributed by atoms with Gasteiger partial charge >= 0.3 is 0 Å². The van der Waals surface area contributed by atoms with Crippen LogP contribution >= 0.6 is 0 Å². The van der Waals surface area contributed by atoms with Gasteiger partial charge in [-0.1, -0.05) is 0 Å². The monoisotopic (exact) mass is 267 g/mol. The minimum atomic E-state index is -3.76. The number of nitrogens with zero attached hydrogens (tertiary/aromatic N) is 3. The standard InChI is InChI=1S/C10H13N5O2S/c1-7-3-4-12-9(5-7)14-18(16,17)8-6-15(2)13-10(8)11/h3-6H,1-2H3,(H2,11,13)(H,12,14). The number of nitrogen functional groups attached to an aromatic ring is 1. The van der Waals surface area contributed by atoms with Crippen LogP contribution in [0.4, 0.5) is 11.6 Å². The topological polar surface area (TPSA) is 103 Å². The number of hydrogen-bond donors (Lipinski definition) is 2. The summed E-state index contributed by atoms with van der Waals surface area (Å²) in [6, 6.07) is 3.40. The fourth-order valence-electron chi connectivity index (χ4n) is 1.48. The Morgan fingerprint density at radius 1 is 1.44 bits per heavy atom. The summed E-state index contributed by atoms with van der Waals surface area (Å²) >= 11 is 0. The Bertz CT molecular complexity index is 677. The van der Waals surface area contributed by atoms with Gasteiger partial charge in [0.1, 0.15) is 10.7 Å². The normalized spacial score (nSPS) is 11.4. The van der Waals surface area contributed by atoms with Crippen LogP contribution in [0.25, 0.3) is 0 Å². The molecule has 0 saturated carbocycles. The van der Waals surface area contributed by atoms with Crippen molar-refractivity contribution in [2.45, 2.75) is 11.8 Å². The van der Waals surface area contributed by atoms with E-state index in [1.807, 2.05) is 6.92 Å². The number of hydrogen-bond acceptors (Lipinski definition) is 5. The first-order valence-corrected chi connectivity index (χ1v) is 6.61. The smallest absolute Gasteiger partial charge is 0.268 e. The fourth-order valence-corrected chi connectivity index (χ4v) is 2.58. The lowest BCUT2D eigenvalue weighted by molar-refractivity contribution is 0.601. The Labute approximate surface area is 105 Å². The predicted octanol–water partition coefficient (Wildman–Crippen LogP) is 0.507. The third-order valence-electron chi connectivity index (χ3n) is 2.27. The van der Waals surface area contributed by atoms with Crippen LogP contribution in [0.5, 0.6) is 0 Å². The molecule has 0 aliphatic rings. The fraction of sp³-hybridized carbons (Fsp3) is 0.200. The van der Waals surface area contributed by atoms with Gasteiger partial charge in [0.2, 0.25) is 0 Å². The molecule has 0 unspecified atom stereocenters. The maximum Gasteiger partial charge on any atom is 0.268 e. The first kappa shape index (κ1) is 12.4. The molecule has 2 aromatic heterocycles. The Hall–Kier alpha value is -2.09. The summed E-state index contributed by atoms with van der Waals surface area (Å²) in [5.74, 6) is 0.205. The van der Waals surface area contributed by atoms with Crippen LogP contribution in [0.1, 0.15) is 5.56 Å². The highest BCUT2D eigenvalue weighted by atomic mass is 32.2. The van der Waals surface area contributed by atoms with Gasteiger partial charge in [-0.05, 0) is 24.6 Å². The SMILES string of the molecule is Cc1ccnc(NS(=O)(=O)c2cn(C)nc2N)c1. The van der Waals surface area contributed by atoms with Crippen molar-refractivity contribution in [3.8, 4) is 0 Å². The van der Waals surface area contributed by atoms with E-state index in [1.165, 1.54) is 17.1 Å². The van der Waals surface area contributed by atoms with Crippen LogP contribution in [0, 0.1) is 6.92 Å². The number of nitrogens with one attached hydrogen (secondary N) is 1.